The van der Waals surface area contributed by atoms with Crippen molar-refractivity contribution < 1.29 is 9.53 Å². The van der Waals surface area contributed by atoms with E-state index in [1.165, 1.54) is 5.56 Å². The summed E-state index contributed by atoms with van der Waals surface area (Å²) in [6.45, 7) is 2.81. The van der Waals surface area contributed by atoms with E-state index in [-0.39, 0.29) is 11.6 Å². The van der Waals surface area contributed by atoms with Gasteiger partial charge in [0.2, 0.25) is 0 Å². The lowest BCUT2D eigenvalue weighted by Crippen LogP contribution is -2.53. The van der Waals surface area contributed by atoms with Gasteiger partial charge >= 0.3 is 5.97 Å². The molecule has 4 rings (SSSR count). The standard InChI is InChI=1S/C20H21NO2/c22-19-18-10-5-4-9-17(18)13-20(23-19)11-6-12-21(15-20)14-16-7-2-1-3-8-16/h1-5,7-10H,6,11-15H2. The van der Waals surface area contributed by atoms with E-state index in [2.05, 4.69) is 35.2 Å². The number of nitrogens with zero attached hydrogens (tertiary/aromatic N) is 1. The highest BCUT2D eigenvalue weighted by atomic mass is 16.6. The molecule has 1 saturated heterocycles. The second-order valence-corrected chi connectivity index (χ2v) is 6.71. The van der Waals surface area contributed by atoms with Crippen LogP contribution in [0.15, 0.2) is 54.6 Å². The topological polar surface area (TPSA) is 29.5 Å². The van der Waals surface area contributed by atoms with Crippen LogP contribution >= 0.6 is 0 Å². The first-order chi connectivity index (χ1) is 11.2. The molecule has 0 saturated carbocycles. The maximum atomic E-state index is 12.4. The Morgan fingerprint density at radius 2 is 1.83 bits per heavy atom. The lowest BCUT2D eigenvalue weighted by Gasteiger charge is -2.44. The van der Waals surface area contributed by atoms with Crippen molar-refractivity contribution in [2.45, 2.75) is 31.4 Å². The second-order valence-electron chi connectivity index (χ2n) is 6.71. The molecule has 2 aromatic rings. The van der Waals surface area contributed by atoms with Gasteiger partial charge in [0, 0.05) is 19.5 Å². The average Bonchev–Trinajstić information content (AvgIpc) is 2.56. The molecule has 3 heteroatoms. The summed E-state index contributed by atoms with van der Waals surface area (Å²) in [6, 6.07) is 18.4. The molecule has 23 heavy (non-hydrogen) atoms. The Balaban J connectivity index is 1.54. The van der Waals surface area contributed by atoms with Gasteiger partial charge in [-0.05, 0) is 36.6 Å². The number of likely N-dealkylation sites (tertiary alicyclic amines) is 1. The third-order valence-electron chi connectivity index (χ3n) is 4.93. The number of esters is 1. The summed E-state index contributed by atoms with van der Waals surface area (Å²) in [5.41, 5.74) is 2.83. The number of carbonyl (C=O) groups excluding carboxylic acids is 1. The molecule has 2 heterocycles. The summed E-state index contributed by atoms with van der Waals surface area (Å²) in [4.78, 5) is 14.8. The molecule has 0 amide bonds. The minimum absolute atomic E-state index is 0.159. The Bertz CT molecular complexity index is 713. The van der Waals surface area contributed by atoms with Crippen molar-refractivity contribution >= 4 is 5.97 Å². The minimum atomic E-state index is -0.349. The number of ether oxygens (including phenoxy) is 1. The van der Waals surface area contributed by atoms with Gasteiger partial charge in [0.25, 0.3) is 0 Å². The molecule has 1 unspecified atom stereocenters. The molecule has 3 nitrogen and oxygen atoms in total. The van der Waals surface area contributed by atoms with Crippen molar-refractivity contribution in [3.8, 4) is 0 Å². The van der Waals surface area contributed by atoms with E-state index in [4.69, 9.17) is 4.74 Å². The minimum Gasteiger partial charge on any atom is -0.454 e. The Morgan fingerprint density at radius 1 is 1.04 bits per heavy atom. The number of fused-ring (bicyclic) bond motifs is 1. The normalized spacial score (nSPS) is 24.3. The van der Waals surface area contributed by atoms with Gasteiger partial charge in [-0.2, -0.15) is 0 Å². The molecular weight excluding hydrogens is 286 g/mol. The zero-order valence-electron chi connectivity index (χ0n) is 13.2. The van der Waals surface area contributed by atoms with Crippen LogP contribution in [-0.2, 0) is 17.7 Å². The van der Waals surface area contributed by atoms with Crippen molar-refractivity contribution in [1.82, 2.24) is 4.90 Å². The number of rotatable bonds is 2. The van der Waals surface area contributed by atoms with Crippen molar-refractivity contribution in [3.05, 3.63) is 71.3 Å². The highest BCUT2D eigenvalue weighted by Gasteiger charge is 2.43. The molecule has 118 valence electrons. The summed E-state index contributed by atoms with van der Waals surface area (Å²) < 4.78 is 5.93. The van der Waals surface area contributed by atoms with Gasteiger partial charge in [0.05, 0.1) is 5.56 Å². The maximum Gasteiger partial charge on any atom is 0.339 e. The van der Waals surface area contributed by atoms with Gasteiger partial charge < -0.3 is 4.74 Å². The van der Waals surface area contributed by atoms with Crippen LogP contribution in [-0.4, -0.2) is 29.6 Å². The van der Waals surface area contributed by atoms with Crippen molar-refractivity contribution in [2.24, 2.45) is 0 Å². The highest BCUT2D eigenvalue weighted by molar-refractivity contribution is 5.92. The van der Waals surface area contributed by atoms with Gasteiger partial charge in [-0.3, -0.25) is 4.90 Å². The van der Waals surface area contributed by atoms with Crippen LogP contribution in [0.25, 0.3) is 0 Å². The zero-order chi connectivity index (χ0) is 15.7. The Kier molecular flexibility index (Phi) is 3.66. The first kappa shape index (κ1) is 14.5. The van der Waals surface area contributed by atoms with Gasteiger partial charge in [-0.15, -0.1) is 0 Å². The highest BCUT2D eigenvalue weighted by Crippen LogP contribution is 2.35. The van der Waals surface area contributed by atoms with E-state index < -0.39 is 0 Å². The number of benzene rings is 2. The molecule has 0 N–H and O–H groups in total. The molecule has 0 aliphatic carbocycles. The lowest BCUT2D eigenvalue weighted by molar-refractivity contribution is -0.0640. The molecule has 2 aromatic carbocycles. The van der Waals surface area contributed by atoms with Crippen molar-refractivity contribution in [3.63, 3.8) is 0 Å². The fourth-order valence-corrected chi connectivity index (χ4v) is 3.90. The number of hydrogen-bond donors (Lipinski definition) is 0. The van der Waals surface area contributed by atoms with Crippen molar-refractivity contribution in [1.29, 1.82) is 0 Å². The molecule has 1 fully saturated rings. The second kappa shape index (κ2) is 5.82. The Labute approximate surface area is 136 Å². The van der Waals surface area contributed by atoms with Crippen LogP contribution in [0.1, 0.15) is 34.3 Å². The summed E-state index contributed by atoms with van der Waals surface area (Å²) in [5, 5.41) is 0. The monoisotopic (exact) mass is 307 g/mol. The van der Waals surface area contributed by atoms with E-state index in [0.29, 0.717) is 0 Å². The fraction of sp³-hybridized carbons (Fsp3) is 0.350. The van der Waals surface area contributed by atoms with Crippen LogP contribution in [0.3, 0.4) is 0 Å². The van der Waals surface area contributed by atoms with Crippen LogP contribution in [0.5, 0.6) is 0 Å². The molecule has 0 radical (unpaired) electrons. The van der Waals surface area contributed by atoms with Crippen LogP contribution in [0.2, 0.25) is 0 Å². The summed E-state index contributed by atoms with van der Waals surface area (Å²) in [7, 11) is 0. The Morgan fingerprint density at radius 3 is 2.70 bits per heavy atom. The van der Waals surface area contributed by atoms with E-state index in [1.54, 1.807) is 0 Å². The molecule has 0 aromatic heterocycles. The molecule has 2 aliphatic rings. The average molecular weight is 307 g/mol. The number of hydrogen-bond acceptors (Lipinski definition) is 3. The third kappa shape index (κ3) is 2.89. The summed E-state index contributed by atoms with van der Waals surface area (Å²) in [5.74, 6) is -0.159. The third-order valence-corrected chi connectivity index (χ3v) is 4.93. The Hall–Kier alpha value is -2.13. The van der Waals surface area contributed by atoms with E-state index in [9.17, 15) is 4.79 Å². The van der Waals surface area contributed by atoms with E-state index >= 15 is 0 Å². The molecule has 1 atom stereocenters. The molecule has 0 bridgehead atoms. The maximum absolute atomic E-state index is 12.4. The summed E-state index contributed by atoms with van der Waals surface area (Å²) in [6.07, 6.45) is 2.86. The number of carbonyl (C=O) groups is 1. The quantitative estimate of drug-likeness (QED) is 0.796. The van der Waals surface area contributed by atoms with E-state index in [0.717, 1.165) is 50.0 Å². The lowest BCUT2D eigenvalue weighted by atomic mass is 9.82. The smallest absolute Gasteiger partial charge is 0.339 e. The predicted molar refractivity (Wildman–Crippen MR) is 89.2 cm³/mol. The van der Waals surface area contributed by atoms with Crippen LogP contribution < -0.4 is 0 Å². The largest absolute Gasteiger partial charge is 0.454 e. The fourth-order valence-electron chi connectivity index (χ4n) is 3.90. The molecule has 1 spiro atoms. The SMILES string of the molecule is O=C1OC2(CCCN(Cc3ccccc3)C2)Cc2ccccc21. The molecular formula is C20H21NO2. The van der Waals surface area contributed by atoms with Gasteiger partial charge in [-0.1, -0.05) is 48.5 Å². The number of piperidine rings is 1. The zero-order valence-corrected chi connectivity index (χ0v) is 13.2. The van der Waals surface area contributed by atoms with E-state index in [1.807, 2.05) is 24.3 Å². The summed E-state index contributed by atoms with van der Waals surface area (Å²) >= 11 is 0. The molecule has 2 aliphatic heterocycles. The van der Waals surface area contributed by atoms with Crippen LogP contribution in [0, 0.1) is 0 Å². The van der Waals surface area contributed by atoms with Gasteiger partial charge in [0.15, 0.2) is 0 Å². The van der Waals surface area contributed by atoms with Crippen molar-refractivity contribution in [2.75, 3.05) is 13.1 Å². The first-order valence-corrected chi connectivity index (χ1v) is 8.32. The van der Waals surface area contributed by atoms with Gasteiger partial charge in [0.1, 0.15) is 5.60 Å². The first-order valence-electron chi connectivity index (χ1n) is 8.32. The van der Waals surface area contributed by atoms with Gasteiger partial charge in [-0.25, -0.2) is 4.79 Å². The predicted octanol–water partition coefficient (Wildman–Crippen LogP) is 3.43. The van der Waals surface area contributed by atoms with Crippen LogP contribution in [0.4, 0.5) is 0 Å².